The number of carbonyl (C=O) groups is 1. The fourth-order valence-electron chi connectivity index (χ4n) is 2.43. The molecule has 104 valence electrons. The van der Waals surface area contributed by atoms with Gasteiger partial charge < -0.3 is 5.32 Å². The fourth-order valence-corrected chi connectivity index (χ4v) is 2.43. The molecule has 0 atom stereocenters. The van der Waals surface area contributed by atoms with Crippen molar-refractivity contribution in [1.82, 2.24) is 10.2 Å². The SMILES string of the molecule is CC(C)(C(=O)Cc1ccccc1F)N1CCNCC1. The highest BCUT2D eigenvalue weighted by Crippen LogP contribution is 2.19. The third-order valence-electron chi connectivity index (χ3n) is 3.90. The molecule has 0 aliphatic carbocycles. The van der Waals surface area contributed by atoms with Crippen molar-refractivity contribution >= 4 is 5.78 Å². The predicted octanol–water partition coefficient (Wildman–Crippen LogP) is 1.62. The molecule has 1 aromatic carbocycles. The molecule has 1 N–H and O–H groups in total. The first-order chi connectivity index (χ1) is 9.01. The first-order valence-corrected chi connectivity index (χ1v) is 6.74. The van der Waals surface area contributed by atoms with Crippen molar-refractivity contribution in [2.45, 2.75) is 25.8 Å². The summed E-state index contributed by atoms with van der Waals surface area (Å²) in [5, 5.41) is 3.27. The zero-order valence-corrected chi connectivity index (χ0v) is 11.6. The molecule has 0 saturated carbocycles. The maximum atomic E-state index is 13.6. The summed E-state index contributed by atoms with van der Waals surface area (Å²) in [5.74, 6) is -0.230. The van der Waals surface area contributed by atoms with Crippen molar-refractivity contribution in [3.63, 3.8) is 0 Å². The van der Waals surface area contributed by atoms with Crippen LogP contribution in [0.25, 0.3) is 0 Å². The molecule has 1 aliphatic heterocycles. The van der Waals surface area contributed by atoms with E-state index in [2.05, 4.69) is 10.2 Å². The normalized spacial score (nSPS) is 17.4. The smallest absolute Gasteiger partial charge is 0.156 e. The topological polar surface area (TPSA) is 32.3 Å². The van der Waals surface area contributed by atoms with E-state index < -0.39 is 5.54 Å². The average Bonchev–Trinajstić information content (AvgIpc) is 2.42. The first kappa shape index (κ1) is 14.2. The van der Waals surface area contributed by atoms with Gasteiger partial charge in [-0.15, -0.1) is 0 Å². The lowest BCUT2D eigenvalue weighted by Crippen LogP contribution is -2.57. The second-order valence-corrected chi connectivity index (χ2v) is 5.49. The number of hydrogen-bond acceptors (Lipinski definition) is 3. The summed E-state index contributed by atoms with van der Waals surface area (Å²) in [6, 6.07) is 6.50. The van der Waals surface area contributed by atoms with Crippen LogP contribution in [0.3, 0.4) is 0 Å². The Kier molecular flexibility index (Phi) is 4.32. The van der Waals surface area contributed by atoms with Crippen molar-refractivity contribution in [2.24, 2.45) is 0 Å². The molecule has 0 spiro atoms. The predicted molar refractivity (Wildman–Crippen MR) is 73.6 cm³/mol. The van der Waals surface area contributed by atoms with Gasteiger partial charge in [0.15, 0.2) is 5.78 Å². The van der Waals surface area contributed by atoms with Crippen LogP contribution in [0.4, 0.5) is 4.39 Å². The van der Waals surface area contributed by atoms with Gasteiger partial charge in [-0.25, -0.2) is 4.39 Å². The Morgan fingerprint density at radius 1 is 1.32 bits per heavy atom. The quantitative estimate of drug-likeness (QED) is 0.897. The van der Waals surface area contributed by atoms with Crippen LogP contribution in [-0.2, 0) is 11.2 Å². The average molecular weight is 264 g/mol. The Morgan fingerprint density at radius 2 is 1.95 bits per heavy atom. The van der Waals surface area contributed by atoms with Crippen molar-refractivity contribution in [2.75, 3.05) is 26.2 Å². The van der Waals surface area contributed by atoms with Crippen LogP contribution in [-0.4, -0.2) is 42.4 Å². The van der Waals surface area contributed by atoms with E-state index in [1.807, 2.05) is 13.8 Å². The lowest BCUT2D eigenvalue weighted by atomic mass is 9.91. The number of hydrogen-bond donors (Lipinski definition) is 1. The summed E-state index contributed by atoms with van der Waals surface area (Å²) in [7, 11) is 0. The van der Waals surface area contributed by atoms with Crippen molar-refractivity contribution in [1.29, 1.82) is 0 Å². The number of halogens is 1. The van der Waals surface area contributed by atoms with Gasteiger partial charge in [0.2, 0.25) is 0 Å². The summed E-state index contributed by atoms with van der Waals surface area (Å²) in [6.07, 6.45) is 0.156. The van der Waals surface area contributed by atoms with E-state index in [0.29, 0.717) is 5.56 Å². The molecular formula is C15H21FN2O. The number of nitrogens with one attached hydrogen (secondary N) is 1. The lowest BCUT2D eigenvalue weighted by molar-refractivity contribution is -0.129. The number of Topliss-reactive ketones (excluding diaryl/α,β-unsaturated/α-hetero) is 1. The van der Waals surface area contributed by atoms with Crippen LogP contribution in [0, 0.1) is 5.82 Å². The molecule has 3 nitrogen and oxygen atoms in total. The van der Waals surface area contributed by atoms with E-state index in [0.717, 1.165) is 26.2 Å². The summed E-state index contributed by atoms with van der Waals surface area (Å²) in [5.41, 5.74) is -0.0552. The van der Waals surface area contributed by atoms with Crippen molar-refractivity contribution in [3.8, 4) is 0 Å². The van der Waals surface area contributed by atoms with Gasteiger partial charge in [-0.2, -0.15) is 0 Å². The Labute approximate surface area is 113 Å². The minimum atomic E-state index is -0.537. The number of benzene rings is 1. The second kappa shape index (κ2) is 5.80. The van der Waals surface area contributed by atoms with Gasteiger partial charge in [0.25, 0.3) is 0 Å². The standard InChI is InChI=1S/C15H21FN2O/c1-15(2,18-9-7-17-8-10-18)14(19)11-12-5-3-4-6-13(12)16/h3-6,17H,7-11H2,1-2H3. The zero-order chi connectivity index (χ0) is 13.9. The highest BCUT2D eigenvalue weighted by Gasteiger charge is 2.34. The molecule has 1 fully saturated rings. The van der Waals surface area contributed by atoms with Gasteiger partial charge in [0.05, 0.1) is 5.54 Å². The second-order valence-electron chi connectivity index (χ2n) is 5.49. The number of carbonyl (C=O) groups excluding carboxylic acids is 1. The van der Waals surface area contributed by atoms with Gasteiger partial charge in [0, 0.05) is 32.6 Å². The lowest BCUT2D eigenvalue weighted by Gasteiger charge is -2.40. The van der Waals surface area contributed by atoms with Crippen LogP contribution in [0.2, 0.25) is 0 Å². The van der Waals surface area contributed by atoms with E-state index in [1.54, 1.807) is 18.2 Å². The molecule has 19 heavy (non-hydrogen) atoms. The van der Waals surface area contributed by atoms with Crippen LogP contribution in [0.15, 0.2) is 24.3 Å². The van der Waals surface area contributed by atoms with Crippen LogP contribution in [0.5, 0.6) is 0 Å². The summed E-state index contributed by atoms with van der Waals surface area (Å²) in [6.45, 7) is 7.38. The summed E-state index contributed by atoms with van der Waals surface area (Å²) in [4.78, 5) is 14.6. The fraction of sp³-hybridized carbons (Fsp3) is 0.533. The third-order valence-corrected chi connectivity index (χ3v) is 3.90. The van der Waals surface area contributed by atoms with Crippen LogP contribution < -0.4 is 5.32 Å². The van der Waals surface area contributed by atoms with Crippen LogP contribution >= 0.6 is 0 Å². The number of piperazine rings is 1. The molecular weight excluding hydrogens is 243 g/mol. The summed E-state index contributed by atoms with van der Waals surface area (Å²) >= 11 is 0. The molecule has 1 saturated heterocycles. The third kappa shape index (κ3) is 3.19. The molecule has 0 unspecified atom stereocenters. The molecule has 1 aromatic rings. The maximum absolute atomic E-state index is 13.6. The van der Waals surface area contributed by atoms with Gasteiger partial charge in [0.1, 0.15) is 5.82 Å². The maximum Gasteiger partial charge on any atom is 0.156 e. The van der Waals surface area contributed by atoms with E-state index in [9.17, 15) is 9.18 Å². The van der Waals surface area contributed by atoms with Gasteiger partial charge in [-0.1, -0.05) is 18.2 Å². The first-order valence-electron chi connectivity index (χ1n) is 6.74. The van der Waals surface area contributed by atoms with E-state index >= 15 is 0 Å². The van der Waals surface area contributed by atoms with Crippen molar-refractivity contribution in [3.05, 3.63) is 35.6 Å². The molecule has 0 bridgehead atoms. The van der Waals surface area contributed by atoms with Crippen LogP contribution in [0.1, 0.15) is 19.4 Å². The van der Waals surface area contributed by atoms with Gasteiger partial charge in [-0.3, -0.25) is 9.69 Å². The largest absolute Gasteiger partial charge is 0.314 e. The Bertz CT molecular complexity index is 453. The Morgan fingerprint density at radius 3 is 2.58 bits per heavy atom. The molecule has 1 aliphatic rings. The molecule has 1 heterocycles. The minimum absolute atomic E-state index is 0.0690. The number of ketones is 1. The monoisotopic (exact) mass is 264 g/mol. The minimum Gasteiger partial charge on any atom is -0.314 e. The Balaban J connectivity index is 2.08. The number of rotatable bonds is 4. The molecule has 0 radical (unpaired) electrons. The molecule has 0 aromatic heterocycles. The van der Waals surface area contributed by atoms with Gasteiger partial charge >= 0.3 is 0 Å². The highest BCUT2D eigenvalue weighted by atomic mass is 19.1. The molecule has 0 amide bonds. The molecule has 4 heteroatoms. The Hall–Kier alpha value is -1.26. The highest BCUT2D eigenvalue weighted by molar-refractivity contribution is 5.89. The van der Waals surface area contributed by atoms with Crippen molar-refractivity contribution < 1.29 is 9.18 Å². The van der Waals surface area contributed by atoms with Gasteiger partial charge in [-0.05, 0) is 25.5 Å². The van der Waals surface area contributed by atoms with E-state index in [1.165, 1.54) is 6.07 Å². The zero-order valence-electron chi connectivity index (χ0n) is 11.6. The number of nitrogens with zero attached hydrogens (tertiary/aromatic N) is 1. The van der Waals surface area contributed by atoms with E-state index in [-0.39, 0.29) is 18.0 Å². The summed E-state index contributed by atoms with van der Waals surface area (Å²) < 4.78 is 13.6. The van der Waals surface area contributed by atoms with E-state index in [4.69, 9.17) is 0 Å². The molecule has 2 rings (SSSR count).